The van der Waals surface area contributed by atoms with E-state index in [-0.39, 0.29) is 5.82 Å². The van der Waals surface area contributed by atoms with Gasteiger partial charge in [0.2, 0.25) is 11.8 Å². The maximum absolute atomic E-state index is 13.1. The van der Waals surface area contributed by atoms with Crippen LogP contribution in [0, 0.1) is 12.7 Å². The van der Waals surface area contributed by atoms with Crippen molar-refractivity contribution >= 4 is 5.95 Å². The third kappa shape index (κ3) is 3.91. The molecule has 0 saturated carbocycles. The van der Waals surface area contributed by atoms with E-state index in [1.807, 2.05) is 6.92 Å². The van der Waals surface area contributed by atoms with Crippen LogP contribution in [0.5, 0.6) is 11.6 Å². The van der Waals surface area contributed by atoms with Crippen LogP contribution in [0.25, 0.3) is 0 Å². The number of ether oxygens (including phenoxy) is 1. The number of nitrogens with one attached hydrogen (secondary N) is 1. The van der Waals surface area contributed by atoms with Crippen LogP contribution in [-0.2, 0) is 0 Å². The quantitative estimate of drug-likeness (QED) is 0.894. The first-order chi connectivity index (χ1) is 9.17. The Kier molecular flexibility index (Phi) is 4.28. The molecule has 0 fully saturated rings. The molecule has 1 aromatic carbocycles. The van der Waals surface area contributed by atoms with Crippen LogP contribution < -0.4 is 10.1 Å². The zero-order valence-electron chi connectivity index (χ0n) is 11.0. The number of rotatable bonds is 5. The van der Waals surface area contributed by atoms with Crippen molar-refractivity contribution in [2.24, 2.45) is 0 Å². The van der Waals surface area contributed by atoms with Crippen molar-refractivity contribution in [3.8, 4) is 11.6 Å². The lowest BCUT2D eigenvalue weighted by Crippen LogP contribution is -2.05. The molecule has 100 valence electrons. The van der Waals surface area contributed by atoms with Gasteiger partial charge in [0.05, 0.1) is 0 Å². The van der Waals surface area contributed by atoms with E-state index in [1.165, 1.54) is 12.1 Å². The first kappa shape index (κ1) is 13.3. The molecule has 1 aromatic heterocycles. The summed E-state index contributed by atoms with van der Waals surface area (Å²) in [4.78, 5) is 8.48. The van der Waals surface area contributed by atoms with E-state index in [0.29, 0.717) is 17.6 Å². The van der Waals surface area contributed by atoms with Gasteiger partial charge in [0.1, 0.15) is 11.6 Å². The largest absolute Gasteiger partial charge is 0.439 e. The molecule has 19 heavy (non-hydrogen) atoms. The van der Waals surface area contributed by atoms with Gasteiger partial charge < -0.3 is 10.1 Å². The van der Waals surface area contributed by atoms with Crippen molar-refractivity contribution in [2.45, 2.75) is 20.3 Å². The maximum Gasteiger partial charge on any atom is 0.226 e. The smallest absolute Gasteiger partial charge is 0.226 e. The Balaban J connectivity index is 2.17. The minimum atomic E-state index is -0.340. The van der Waals surface area contributed by atoms with Gasteiger partial charge in [0.15, 0.2) is 0 Å². The predicted molar refractivity (Wildman–Crippen MR) is 72.0 cm³/mol. The zero-order valence-corrected chi connectivity index (χ0v) is 11.0. The van der Waals surface area contributed by atoms with Gasteiger partial charge in [-0.3, -0.25) is 0 Å². The van der Waals surface area contributed by atoms with Gasteiger partial charge in [-0.1, -0.05) is 13.0 Å². The summed E-state index contributed by atoms with van der Waals surface area (Å²) in [6, 6.07) is 7.67. The number of aromatic nitrogens is 2. The zero-order chi connectivity index (χ0) is 13.7. The van der Waals surface area contributed by atoms with E-state index in [4.69, 9.17) is 4.74 Å². The second kappa shape index (κ2) is 6.13. The summed E-state index contributed by atoms with van der Waals surface area (Å²) in [5.74, 6) is 0.997. The van der Waals surface area contributed by atoms with Crippen molar-refractivity contribution < 1.29 is 9.13 Å². The highest BCUT2D eigenvalue weighted by molar-refractivity contribution is 5.33. The second-order valence-electron chi connectivity index (χ2n) is 4.16. The molecule has 0 atom stereocenters. The van der Waals surface area contributed by atoms with Gasteiger partial charge in [0.25, 0.3) is 0 Å². The van der Waals surface area contributed by atoms with Crippen LogP contribution in [0.4, 0.5) is 10.3 Å². The van der Waals surface area contributed by atoms with Crippen molar-refractivity contribution in [1.29, 1.82) is 0 Å². The van der Waals surface area contributed by atoms with Crippen LogP contribution in [0.2, 0.25) is 0 Å². The minimum Gasteiger partial charge on any atom is -0.439 e. The summed E-state index contributed by atoms with van der Waals surface area (Å²) in [5.41, 5.74) is 0.792. The highest BCUT2D eigenvalue weighted by atomic mass is 19.1. The molecule has 0 bridgehead atoms. The Morgan fingerprint density at radius 1 is 1.26 bits per heavy atom. The molecule has 0 saturated heterocycles. The molecule has 5 heteroatoms. The monoisotopic (exact) mass is 261 g/mol. The predicted octanol–water partition coefficient (Wildman–Crippen LogP) is 3.54. The van der Waals surface area contributed by atoms with E-state index in [1.54, 1.807) is 18.2 Å². The van der Waals surface area contributed by atoms with E-state index < -0.39 is 0 Å². The molecule has 0 unspecified atom stereocenters. The molecule has 0 aliphatic heterocycles. The molecule has 4 nitrogen and oxygen atoms in total. The van der Waals surface area contributed by atoms with Crippen molar-refractivity contribution in [3.63, 3.8) is 0 Å². The topological polar surface area (TPSA) is 47.0 Å². The van der Waals surface area contributed by atoms with Gasteiger partial charge in [-0.15, -0.1) is 0 Å². The fourth-order valence-corrected chi connectivity index (χ4v) is 1.56. The van der Waals surface area contributed by atoms with Crippen molar-refractivity contribution in [3.05, 3.63) is 41.8 Å². The summed E-state index contributed by atoms with van der Waals surface area (Å²) < 4.78 is 18.6. The summed E-state index contributed by atoms with van der Waals surface area (Å²) >= 11 is 0. The fourth-order valence-electron chi connectivity index (χ4n) is 1.56. The molecule has 1 heterocycles. The minimum absolute atomic E-state index is 0.340. The van der Waals surface area contributed by atoms with Crippen LogP contribution in [0.15, 0.2) is 30.3 Å². The average Bonchev–Trinajstić information content (AvgIpc) is 2.35. The molecular weight excluding hydrogens is 245 g/mol. The lowest BCUT2D eigenvalue weighted by Gasteiger charge is -2.08. The molecule has 1 N–H and O–H groups in total. The van der Waals surface area contributed by atoms with Gasteiger partial charge in [-0.2, -0.15) is 4.98 Å². The Bertz CT molecular complexity index is 560. The van der Waals surface area contributed by atoms with Crippen LogP contribution in [0.1, 0.15) is 19.0 Å². The van der Waals surface area contributed by atoms with E-state index in [2.05, 4.69) is 22.2 Å². The summed E-state index contributed by atoms with van der Waals surface area (Å²) in [5, 5.41) is 3.10. The summed E-state index contributed by atoms with van der Waals surface area (Å²) in [6.07, 6.45) is 0.984. The highest BCUT2D eigenvalue weighted by Crippen LogP contribution is 2.21. The highest BCUT2D eigenvalue weighted by Gasteiger charge is 2.04. The van der Waals surface area contributed by atoms with E-state index in [9.17, 15) is 4.39 Å². The number of benzene rings is 1. The lowest BCUT2D eigenvalue weighted by molar-refractivity contribution is 0.457. The van der Waals surface area contributed by atoms with Gasteiger partial charge in [-0.25, -0.2) is 9.37 Å². The third-order valence-electron chi connectivity index (χ3n) is 2.38. The average molecular weight is 261 g/mol. The molecular formula is C14H16FN3O. The number of hydrogen-bond acceptors (Lipinski definition) is 4. The number of halogens is 1. The van der Waals surface area contributed by atoms with Gasteiger partial charge in [0, 0.05) is 24.4 Å². The van der Waals surface area contributed by atoms with Gasteiger partial charge in [-0.05, 0) is 25.5 Å². The fraction of sp³-hybridized carbons (Fsp3) is 0.286. The summed E-state index contributed by atoms with van der Waals surface area (Å²) in [6.45, 7) is 4.72. The molecule has 0 amide bonds. The van der Waals surface area contributed by atoms with Crippen LogP contribution in [0.3, 0.4) is 0 Å². The molecule has 0 spiro atoms. The molecule has 2 aromatic rings. The molecule has 0 aliphatic carbocycles. The first-order valence-corrected chi connectivity index (χ1v) is 6.20. The van der Waals surface area contributed by atoms with Crippen molar-refractivity contribution in [2.75, 3.05) is 11.9 Å². The number of aryl methyl sites for hydroxylation is 1. The SMILES string of the molecule is CCCNc1nc(C)cc(Oc2cccc(F)c2)n1. The van der Waals surface area contributed by atoms with E-state index in [0.717, 1.165) is 18.7 Å². The van der Waals surface area contributed by atoms with Crippen LogP contribution >= 0.6 is 0 Å². The third-order valence-corrected chi connectivity index (χ3v) is 2.38. The lowest BCUT2D eigenvalue weighted by atomic mass is 10.3. The number of nitrogens with zero attached hydrogens (tertiary/aromatic N) is 2. The molecule has 0 aliphatic rings. The second-order valence-corrected chi connectivity index (χ2v) is 4.16. The Labute approximate surface area is 111 Å². The first-order valence-electron chi connectivity index (χ1n) is 6.20. The molecule has 2 rings (SSSR count). The maximum atomic E-state index is 13.1. The normalized spacial score (nSPS) is 10.3. The number of anilines is 1. The Hall–Kier alpha value is -2.17. The number of hydrogen-bond donors (Lipinski definition) is 1. The molecule has 0 radical (unpaired) electrons. The van der Waals surface area contributed by atoms with Crippen molar-refractivity contribution in [1.82, 2.24) is 9.97 Å². The Morgan fingerprint density at radius 2 is 2.11 bits per heavy atom. The standard InChI is InChI=1S/C14H16FN3O/c1-3-7-16-14-17-10(2)8-13(18-14)19-12-6-4-5-11(15)9-12/h4-6,8-9H,3,7H2,1-2H3,(H,16,17,18). The van der Waals surface area contributed by atoms with E-state index >= 15 is 0 Å². The Morgan fingerprint density at radius 3 is 2.84 bits per heavy atom. The van der Waals surface area contributed by atoms with Crippen LogP contribution in [-0.4, -0.2) is 16.5 Å². The summed E-state index contributed by atoms with van der Waals surface area (Å²) in [7, 11) is 0. The van der Waals surface area contributed by atoms with Gasteiger partial charge >= 0.3 is 0 Å².